The molecular weight excluding hydrogens is 244 g/mol. The van der Waals surface area contributed by atoms with Crippen LogP contribution >= 0.6 is 0 Å². The molecule has 0 bridgehead atoms. The van der Waals surface area contributed by atoms with Gasteiger partial charge in [-0.1, -0.05) is 0 Å². The number of rotatable bonds is 4. The van der Waals surface area contributed by atoms with Gasteiger partial charge in [0.1, 0.15) is 5.75 Å². The van der Waals surface area contributed by atoms with Crippen LogP contribution in [0.3, 0.4) is 0 Å². The lowest BCUT2D eigenvalue weighted by molar-refractivity contribution is -0.136. The summed E-state index contributed by atoms with van der Waals surface area (Å²) in [7, 11) is 3.44. The second kappa shape index (κ2) is 5.14. The zero-order valence-electron chi connectivity index (χ0n) is 11.2. The standard InChI is InChI=1S/C14H16N2O3/c1-9-6-10(4-5-13(9)19-3)12-7-11(8-14(17)18)15-16(12)2/h4-7H,8H2,1-3H3,(H,17,18). The number of carbonyl (C=O) groups is 1. The van der Waals surface area contributed by atoms with Gasteiger partial charge in [-0.3, -0.25) is 9.48 Å². The zero-order valence-corrected chi connectivity index (χ0v) is 11.2. The van der Waals surface area contributed by atoms with Crippen LogP contribution in [-0.2, 0) is 18.3 Å². The number of aliphatic carboxylic acids is 1. The van der Waals surface area contributed by atoms with Gasteiger partial charge in [-0.2, -0.15) is 5.10 Å². The van der Waals surface area contributed by atoms with Crippen LogP contribution in [0, 0.1) is 6.92 Å². The van der Waals surface area contributed by atoms with Crippen molar-refractivity contribution in [2.24, 2.45) is 7.05 Å². The second-order valence-electron chi connectivity index (χ2n) is 4.40. The van der Waals surface area contributed by atoms with Crippen molar-refractivity contribution in [1.29, 1.82) is 0 Å². The lowest BCUT2D eigenvalue weighted by atomic mass is 10.1. The van der Waals surface area contributed by atoms with E-state index in [0.29, 0.717) is 5.69 Å². The molecule has 1 aromatic carbocycles. The number of methoxy groups -OCH3 is 1. The summed E-state index contributed by atoms with van der Waals surface area (Å²) in [6.45, 7) is 1.97. The molecule has 5 heteroatoms. The minimum absolute atomic E-state index is 0.0665. The predicted molar refractivity (Wildman–Crippen MR) is 71.3 cm³/mol. The molecule has 0 aliphatic rings. The maximum atomic E-state index is 10.7. The van der Waals surface area contributed by atoms with Crippen molar-refractivity contribution < 1.29 is 14.6 Å². The van der Waals surface area contributed by atoms with Crippen molar-refractivity contribution in [3.05, 3.63) is 35.5 Å². The molecule has 0 atom stereocenters. The predicted octanol–water partition coefficient (Wildman–Crippen LogP) is 2.03. The fraction of sp³-hybridized carbons (Fsp3) is 0.286. The van der Waals surface area contributed by atoms with Crippen molar-refractivity contribution >= 4 is 5.97 Å². The first-order valence-corrected chi connectivity index (χ1v) is 5.91. The molecule has 0 saturated heterocycles. The van der Waals surface area contributed by atoms with Gasteiger partial charge in [0.2, 0.25) is 0 Å². The van der Waals surface area contributed by atoms with Crippen molar-refractivity contribution in [3.63, 3.8) is 0 Å². The van der Waals surface area contributed by atoms with E-state index in [1.165, 1.54) is 0 Å². The summed E-state index contributed by atoms with van der Waals surface area (Å²) in [4.78, 5) is 10.7. The summed E-state index contributed by atoms with van der Waals surface area (Å²) in [6.07, 6.45) is -0.0665. The van der Waals surface area contributed by atoms with E-state index in [1.54, 1.807) is 24.9 Å². The lowest BCUT2D eigenvalue weighted by Gasteiger charge is -2.07. The van der Waals surface area contributed by atoms with Gasteiger partial charge in [0.05, 0.1) is 24.9 Å². The Hall–Kier alpha value is -2.30. The van der Waals surface area contributed by atoms with Gasteiger partial charge in [0.25, 0.3) is 0 Å². The molecule has 0 radical (unpaired) electrons. The fourth-order valence-corrected chi connectivity index (χ4v) is 2.08. The van der Waals surface area contributed by atoms with E-state index in [0.717, 1.165) is 22.6 Å². The second-order valence-corrected chi connectivity index (χ2v) is 4.40. The monoisotopic (exact) mass is 260 g/mol. The number of carboxylic acid groups (broad SMARTS) is 1. The van der Waals surface area contributed by atoms with Crippen LogP contribution < -0.4 is 4.74 Å². The number of ether oxygens (including phenoxy) is 1. The third kappa shape index (κ3) is 2.76. The molecule has 2 rings (SSSR count). The molecule has 0 aliphatic carbocycles. The van der Waals surface area contributed by atoms with E-state index < -0.39 is 5.97 Å². The number of aromatic nitrogens is 2. The van der Waals surface area contributed by atoms with Crippen LogP contribution in [0.5, 0.6) is 5.75 Å². The number of hydrogen-bond donors (Lipinski definition) is 1. The molecule has 0 saturated carbocycles. The largest absolute Gasteiger partial charge is 0.496 e. The van der Waals surface area contributed by atoms with Crippen LogP contribution in [-0.4, -0.2) is 28.0 Å². The Morgan fingerprint density at radius 2 is 2.16 bits per heavy atom. The highest BCUT2D eigenvalue weighted by Gasteiger charge is 2.11. The number of hydrogen-bond acceptors (Lipinski definition) is 3. The van der Waals surface area contributed by atoms with Gasteiger partial charge in [-0.25, -0.2) is 0 Å². The molecule has 1 N–H and O–H groups in total. The van der Waals surface area contributed by atoms with Gasteiger partial charge < -0.3 is 9.84 Å². The quantitative estimate of drug-likeness (QED) is 0.913. The van der Waals surface area contributed by atoms with Gasteiger partial charge >= 0.3 is 5.97 Å². The highest BCUT2D eigenvalue weighted by molar-refractivity contribution is 5.71. The summed E-state index contributed by atoms with van der Waals surface area (Å²) in [6, 6.07) is 7.64. The Balaban J connectivity index is 2.38. The highest BCUT2D eigenvalue weighted by Crippen LogP contribution is 2.26. The molecule has 0 aliphatic heterocycles. The Labute approximate surface area is 111 Å². The first kappa shape index (κ1) is 13.1. The van der Waals surface area contributed by atoms with E-state index in [2.05, 4.69) is 5.10 Å². The minimum Gasteiger partial charge on any atom is -0.496 e. The highest BCUT2D eigenvalue weighted by atomic mass is 16.5. The van der Waals surface area contributed by atoms with E-state index in [9.17, 15) is 4.79 Å². The molecule has 100 valence electrons. The summed E-state index contributed by atoms with van der Waals surface area (Å²) in [5.41, 5.74) is 3.46. The Bertz CT molecular complexity index is 617. The third-order valence-electron chi connectivity index (χ3n) is 2.95. The molecule has 1 aromatic heterocycles. The van der Waals surface area contributed by atoms with E-state index >= 15 is 0 Å². The normalized spacial score (nSPS) is 10.5. The molecule has 0 amide bonds. The minimum atomic E-state index is -0.879. The van der Waals surface area contributed by atoms with Crippen molar-refractivity contribution in [3.8, 4) is 17.0 Å². The molecule has 5 nitrogen and oxygen atoms in total. The van der Waals surface area contributed by atoms with Gasteiger partial charge in [-0.05, 0) is 36.8 Å². The lowest BCUT2D eigenvalue weighted by Crippen LogP contribution is -2.01. The van der Waals surface area contributed by atoms with Crippen molar-refractivity contribution in [2.45, 2.75) is 13.3 Å². The van der Waals surface area contributed by atoms with E-state index in [1.807, 2.05) is 25.1 Å². The maximum Gasteiger partial charge on any atom is 0.309 e. The summed E-state index contributed by atoms with van der Waals surface area (Å²) in [5.74, 6) is -0.0489. The average molecular weight is 260 g/mol. The van der Waals surface area contributed by atoms with Crippen molar-refractivity contribution in [1.82, 2.24) is 9.78 Å². The maximum absolute atomic E-state index is 10.7. The fourth-order valence-electron chi connectivity index (χ4n) is 2.08. The van der Waals surface area contributed by atoms with Crippen molar-refractivity contribution in [2.75, 3.05) is 7.11 Å². The molecule has 0 spiro atoms. The van der Waals surface area contributed by atoms with Gasteiger partial charge in [0.15, 0.2) is 0 Å². The molecule has 1 heterocycles. The van der Waals surface area contributed by atoms with Gasteiger partial charge in [-0.15, -0.1) is 0 Å². The van der Waals surface area contributed by atoms with E-state index in [4.69, 9.17) is 9.84 Å². The van der Waals surface area contributed by atoms with Crippen LogP contribution in [0.15, 0.2) is 24.3 Å². The van der Waals surface area contributed by atoms with Crippen LogP contribution in [0.2, 0.25) is 0 Å². The Morgan fingerprint density at radius 1 is 1.42 bits per heavy atom. The Morgan fingerprint density at radius 3 is 2.74 bits per heavy atom. The zero-order chi connectivity index (χ0) is 14.0. The van der Waals surface area contributed by atoms with Crippen LogP contribution in [0.1, 0.15) is 11.3 Å². The Kier molecular flexibility index (Phi) is 3.55. The molecule has 19 heavy (non-hydrogen) atoms. The molecule has 0 unspecified atom stereocenters. The third-order valence-corrected chi connectivity index (χ3v) is 2.95. The number of aryl methyl sites for hydroxylation is 2. The first-order chi connectivity index (χ1) is 9.01. The summed E-state index contributed by atoms with van der Waals surface area (Å²) >= 11 is 0. The summed E-state index contributed by atoms with van der Waals surface area (Å²) in [5, 5.41) is 13.0. The van der Waals surface area contributed by atoms with E-state index in [-0.39, 0.29) is 6.42 Å². The SMILES string of the molecule is COc1ccc(-c2cc(CC(=O)O)nn2C)cc1C. The van der Waals surface area contributed by atoms with Crippen LogP contribution in [0.4, 0.5) is 0 Å². The smallest absolute Gasteiger partial charge is 0.309 e. The van der Waals surface area contributed by atoms with Crippen LogP contribution in [0.25, 0.3) is 11.3 Å². The number of carboxylic acids is 1. The molecule has 0 fully saturated rings. The summed E-state index contributed by atoms with van der Waals surface area (Å²) < 4.78 is 6.92. The first-order valence-electron chi connectivity index (χ1n) is 5.91. The topological polar surface area (TPSA) is 64.3 Å². The van der Waals surface area contributed by atoms with Gasteiger partial charge in [0, 0.05) is 12.6 Å². The number of benzene rings is 1. The average Bonchev–Trinajstić information content (AvgIpc) is 2.69. The molecule has 2 aromatic rings. The molecular formula is C14H16N2O3. The number of nitrogens with zero attached hydrogens (tertiary/aromatic N) is 2.